The normalized spacial score (nSPS) is 16.4. The third-order valence-electron chi connectivity index (χ3n) is 5.25. The van der Waals surface area contributed by atoms with Crippen molar-refractivity contribution in [3.05, 3.63) is 65.2 Å². The average Bonchev–Trinajstić information content (AvgIpc) is 2.73. The molecule has 0 bridgehead atoms. The number of hydrogen-bond donors (Lipinski definition) is 2. The van der Waals surface area contributed by atoms with Gasteiger partial charge in [-0.1, -0.05) is 36.8 Å². The maximum atomic E-state index is 13.0. The first kappa shape index (κ1) is 22.6. The molecule has 1 aliphatic rings. The smallest absolute Gasteiger partial charge is 0.416 e. The summed E-state index contributed by atoms with van der Waals surface area (Å²) in [7, 11) is 0. The molecule has 30 heavy (non-hydrogen) atoms. The highest BCUT2D eigenvalue weighted by Gasteiger charge is 2.32. The molecular formula is C23H29F3N2O2. The van der Waals surface area contributed by atoms with Gasteiger partial charge in [0.15, 0.2) is 0 Å². The van der Waals surface area contributed by atoms with Crippen molar-refractivity contribution in [2.45, 2.75) is 44.6 Å². The van der Waals surface area contributed by atoms with Crippen LogP contribution < -0.4 is 10.1 Å². The molecular weight excluding hydrogens is 393 g/mol. The van der Waals surface area contributed by atoms with E-state index in [2.05, 4.69) is 10.2 Å². The summed E-state index contributed by atoms with van der Waals surface area (Å²) in [5.74, 6) is 0.666. The number of benzene rings is 2. The number of rotatable bonds is 9. The highest BCUT2D eigenvalue weighted by atomic mass is 19.4. The van der Waals surface area contributed by atoms with Crippen molar-refractivity contribution in [2.75, 3.05) is 26.2 Å². The molecule has 3 rings (SSSR count). The molecule has 4 nitrogen and oxygen atoms in total. The van der Waals surface area contributed by atoms with E-state index >= 15 is 0 Å². The fourth-order valence-electron chi connectivity index (χ4n) is 3.68. The van der Waals surface area contributed by atoms with Gasteiger partial charge in [-0.3, -0.25) is 0 Å². The zero-order chi connectivity index (χ0) is 21.4. The van der Waals surface area contributed by atoms with Crippen LogP contribution in [-0.2, 0) is 19.3 Å². The Labute approximate surface area is 175 Å². The summed E-state index contributed by atoms with van der Waals surface area (Å²) in [5, 5.41) is 13.2. The van der Waals surface area contributed by atoms with Gasteiger partial charge in [0.05, 0.1) is 5.56 Å². The minimum atomic E-state index is -4.35. The Hall–Kier alpha value is -2.09. The summed E-state index contributed by atoms with van der Waals surface area (Å²) in [5.41, 5.74) is 0.567. The van der Waals surface area contributed by atoms with E-state index in [9.17, 15) is 18.3 Å². The van der Waals surface area contributed by atoms with Crippen LogP contribution in [0.4, 0.5) is 13.2 Å². The van der Waals surface area contributed by atoms with E-state index in [1.54, 1.807) is 6.07 Å². The number of hydrogen-bond acceptors (Lipinski definition) is 4. The van der Waals surface area contributed by atoms with Crippen molar-refractivity contribution in [1.29, 1.82) is 0 Å². The molecule has 2 aromatic carbocycles. The van der Waals surface area contributed by atoms with Crippen LogP contribution in [0.15, 0.2) is 48.5 Å². The van der Waals surface area contributed by atoms with Crippen LogP contribution >= 0.6 is 0 Å². The molecule has 0 radical (unpaired) electrons. The topological polar surface area (TPSA) is 44.7 Å². The molecule has 7 heteroatoms. The predicted octanol–water partition coefficient (Wildman–Crippen LogP) is 4.22. The van der Waals surface area contributed by atoms with E-state index in [4.69, 9.17) is 4.74 Å². The first-order valence-corrected chi connectivity index (χ1v) is 10.4. The Morgan fingerprint density at radius 1 is 0.967 bits per heavy atom. The summed E-state index contributed by atoms with van der Waals surface area (Å²) >= 11 is 0. The molecule has 0 aromatic heterocycles. The molecule has 1 aliphatic heterocycles. The molecule has 1 fully saturated rings. The van der Waals surface area contributed by atoms with Gasteiger partial charge in [-0.25, -0.2) is 0 Å². The minimum Gasteiger partial charge on any atom is -0.491 e. The largest absolute Gasteiger partial charge is 0.491 e. The molecule has 2 aromatic rings. The Bertz CT molecular complexity index is 775. The van der Waals surface area contributed by atoms with Gasteiger partial charge in [0, 0.05) is 19.6 Å². The Balaban J connectivity index is 1.41. The van der Waals surface area contributed by atoms with Crippen molar-refractivity contribution in [1.82, 2.24) is 10.2 Å². The molecule has 0 spiro atoms. The van der Waals surface area contributed by atoms with E-state index in [-0.39, 0.29) is 18.7 Å². The zero-order valence-corrected chi connectivity index (χ0v) is 17.0. The van der Waals surface area contributed by atoms with Gasteiger partial charge in [0.1, 0.15) is 18.5 Å². The number of ether oxygens (including phenoxy) is 1. The van der Waals surface area contributed by atoms with Crippen molar-refractivity contribution < 1.29 is 23.0 Å². The molecule has 0 unspecified atom stereocenters. The van der Waals surface area contributed by atoms with Crippen molar-refractivity contribution in [2.24, 2.45) is 0 Å². The lowest BCUT2D eigenvalue weighted by molar-refractivity contribution is -0.138. The van der Waals surface area contributed by atoms with Crippen molar-refractivity contribution >= 4 is 0 Å². The van der Waals surface area contributed by atoms with Crippen molar-refractivity contribution in [3.63, 3.8) is 0 Å². The molecule has 0 amide bonds. The van der Waals surface area contributed by atoms with Gasteiger partial charge in [0.2, 0.25) is 0 Å². The molecule has 1 saturated heterocycles. The Morgan fingerprint density at radius 2 is 1.67 bits per heavy atom. The highest BCUT2D eigenvalue weighted by molar-refractivity contribution is 5.30. The first-order valence-electron chi connectivity index (χ1n) is 10.4. The van der Waals surface area contributed by atoms with Gasteiger partial charge in [-0.15, -0.1) is 0 Å². The Morgan fingerprint density at radius 3 is 2.37 bits per heavy atom. The number of piperidine rings is 1. The van der Waals surface area contributed by atoms with Crippen LogP contribution in [0.25, 0.3) is 0 Å². The minimum absolute atomic E-state index is 0.136. The summed E-state index contributed by atoms with van der Waals surface area (Å²) in [6, 6.07) is 13.0. The number of alkyl halides is 3. The summed E-state index contributed by atoms with van der Waals surface area (Å²) in [6.07, 6.45) is -1.25. The Kier molecular flexibility index (Phi) is 8.13. The number of nitrogens with one attached hydrogen (secondary N) is 1. The van der Waals surface area contributed by atoms with Gasteiger partial charge in [-0.2, -0.15) is 13.2 Å². The lowest BCUT2D eigenvalue weighted by Gasteiger charge is -2.28. The molecule has 1 atom stereocenters. The lowest BCUT2D eigenvalue weighted by atomic mass is 10.1. The fourth-order valence-corrected chi connectivity index (χ4v) is 3.68. The maximum Gasteiger partial charge on any atom is 0.416 e. The van der Waals surface area contributed by atoms with Crippen LogP contribution in [0.3, 0.4) is 0 Å². The second-order valence-corrected chi connectivity index (χ2v) is 7.73. The summed E-state index contributed by atoms with van der Waals surface area (Å²) < 4.78 is 44.8. The highest BCUT2D eigenvalue weighted by Crippen LogP contribution is 2.31. The van der Waals surface area contributed by atoms with E-state index < -0.39 is 17.8 Å². The molecule has 0 saturated carbocycles. The number of halogens is 3. The third-order valence-corrected chi connectivity index (χ3v) is 5.25. The third kappa shape index (κ3) is 7.00. The summed E-state index contributed by atoms with van der Waals surface area (Å²) in [6.45, 7) is 3.52. The van der Waals surface area contributed by atoms with Gasteiger partial charge < -0.3 is 20.1 Å². The second-order valence-electron chi connectivity index (χ2n) is 7.73. The van der Waals surface area contributed by atoms with Crippen LogP contribution in [0.2, 0.25) is 0 Å². The molecule has 0 aliphatic carbocycles. The average molecular weight is 422 g/mol. The quantitative estimate of drug-likeness (QED) is 0.635. The van der Waals surface area contributed by atoms with E-state index in [1.807, 2.05) is 24.3 Å². The van der Waals surface area contributed by atoms with E-state index in [0.29, 0.717) is 18.8 Å². The number of nitrogens with zero attached hydrogens (tertiary/aromatic N) is 1. The standard InChI is InChI=1S/C23H29F3N2O2/c24-23(25,26)22-7-3-2-6-19(22)15-27-14-18-8-10-21(11-9-18)30-17-20(29)16-28-12-4-1-5-13-28/h2-3,6-11,20,27,29H,1,4-5,12-17H2/t20-/m0/s1. The number of likely N-dealkylation sites (tertiary alicyclic amines) is 1. The SMILES string of the molecule is O[C@H](COc1ccc(CNCc2ccccc2C(F)(F)F)cc1)CN1CCCCC1. The monoisotopic (exact) mass is 422 g/mol. The first-order chi connectivity index (χ1) is 14.4. The van der Waals surface area contributed by atoms with Crippen LogP contribution in [0, 0.1) is 0 Å². The predicted molar refractivity (Wildman–Crippen MR) is 110 cm³/mol. The molecule has 2 N–H and O–H groups in total. The summed E-state index contributed by atoms with van der Waals surface area (Å²) in [4.78, 5) is 2.27. The molecule has 1 heterocycles. The van der Waals surface area contributed by atoms with E-state index in [1.165, 1.54) is 31.4 Å². The second kappa shape index (κ2) is 10.8. The number of β-amino-alcohol motifs (C(OH)–C–C–N with tert-alkyl or cyclic N) is 1. The van der Waals surface area contributed by atoms with Gasteiger partial charge in [0.25, 0.3) is 0 Å². The van der Waals surface area contributed by atoms with E-state index in [0.717, 1.165) is 24.7 Å². The number of aliphatic hydroxyl groups excluding tert-OH is 1. The van der Waals surface area contributed by atoms with Crippen LogP contribution in [0.5, 0.6) is 5.75 Å². The fraction of sp³-hybridized carbons (Fsp3) is 0.478. The van der Waals surface area contributed by atoms with Crippen LogP contribution in [-0.4, -0.2) is 42.4 Å². The lowest BCUT2D eigenvalue weighted by Crippen LogP contribution is -2.38. The van der Waals surface area contributed by atoms with Gasteiger partial charge in [-0.05, 0) is 55.3 Å². The van der Waals surface area contributed by atoms with Crippen molar-refractivity contribution in [3.8, 4) is 5.75 Å². The number of aliphatic hydroxyl groups is 1. The zero-order valence-electron chi connectivity index (χ0n) is 17.0. The maximum absolute atomic E-state index is 13.0. The van der Waals surface area contributed by atoms with Crippen LogP contribution in [0.1, 0.15) is 36.0 Å². The molecule has 164 valence electrons. The van der Waals surface area contributed by atoms with Gasteiger partial charge >= 0.3 is 6.18 Å².